The Labute approximate surface area is 83.7 Å². The van der Waals surface area contributed by atoms with Crippen molar-refractivity contribution in [3.8, 4) is 0 Å². The van der Waals surface area contributed by atoms with Crippen molar-refractivity contribution in [2.45, 2.75) is 26.4 Å². The number of halogens is 1. The topological polar surface area (TPSA) is 43.1 Å². The average Bonchev–Trinajstić information content (AvgIpc) is 2.02. The molecule has 0 radical (unpaired) electrons. The van der Waals surface area contributed by atoms with Crippen LogP contribution in [-0.2, 0) is 4.79 Å². The Morgan fingerprint density at radius 2 is 2.00 bits per heavy atom. The number of rotatable bonds is 1. The summed E-state index contributed by atoms with van der Waals surface area (Å²) in [5.74, 6) is -1.49. The highest BCUT2D eigenvalue weighted by Gasteiger charge is 2.49. The fourth-order valence-corrected chi connectivity index (χ4v) is 1.63. The van der Waals surface area contributed by atoms with Crippen LogP contribution in [0.2, 0.25) is 0 Å². The van der Waals surface area contributed by atoms with E-state index in [4.69, 9.17) is 5.73 Å². The summed E-state index contributed by atoms with van der Waals surface area (Å²) in [4.78, 5) is 11.1. The van der Waals surface area contributed by atoms with Crippen LogP contribution >= 0.6 is 0 Å². The minimum Gasteiger partial charge on any atom is -0.369 e. The van der Waals surface area contributed by atoms with E-state index in [0.717, 1.165) is 0 Å². The van der Waals surface area contributed by atoms with Crippen molar-refractivity contribution in [2.24, 2.45) is 17.1 Å². The van der Waals surface area contributed by atoms with Gasteiger partial charge >= 0.3 is 0 Å². The van der Waals surface area contributed by atoms with Crippen molar-refractivity contribution in [3.63, 3.8) is 0 Å². The van der Waals surface area contributed by atoms with E-state index in [2.05, 4.69) is 0 Å². The molecular weight excluding hydrogens is 181 g/mol. The minimum atomic E-state index is -1.69. The van der Waals surface area contributed by atoms with Gasteiger partial charge in [-0.3, -0.25) is 4.79 Å². The van der Waals surface area contributed by atoms with E-state index in [1.807, 2.05) is 0 Å². The first kappa shape index (κ1) is 11.0. The van der Waals surface area contributed by atoms with Gasteiger partial charge in [-0.05, 0) is 6.08 Å². The monoisotopic (exact) mass is 197 g/mol. The molecule has 0 heterocycles. The first-order valence-electron chi connectivity index (χ1n) is 4.63. The Balaban J connectivity index is 3.13. The van der Waals surface area contributed by atoms with Crippen molar-refractivity contribution in [1.29, 1.82) is 0 Å². The smallest absolute Gasteiger partial charge is 0.227 e. The molecule has 14 heavy (non-hydrogen) atoms. The highest BCUT2D eigenvalue weighted by Crippen LogP contribution is 2.43. The summed E-state index contributed by atoms with van der Waals surface area (Å²) in [6.45, 7) is 5.27. The number of hydrogen-bond donors (Lipinski definition) is 1. The molecule has 0 saturated carbocycles. The van der Waals surface area contributed by atoms with Gasteiger partial charge in [-0.25, -0.2) is 4.39 Å². The SMILES string of the molecule is CC(C)(C)C1(F)C=CC=CC1C(N)=O. The number of hydrogen-bond acceptors (Lipinski definition) is 1. The Hall–Kier alpha value is -1.12. The van der Waals surface area contributed by atoms with Gasteiger partial charge in [0.25, 0.3) is 0 Å². The molecule has 0 aromatic rings. The van der Waals surface area contributed by atoms with Crippen molar-refractivity contribution in [2.75, 3.05) is 0 Å². The van der Waals surface area contributed by atoms with E-state index < -0.39 is 22.9 Å². The van der Waals surface area contributed by atoms with Gasteiger partial charge in [-0.2, -0.15) is 0 Å². The zero-order valence-corrected chi connectivity index (χ0v) is 8.75. The maximum atomic E-state index is 14.6. The van der Waals surface area contributed by atoms with Crippen LogP contribution in [0.1, 0.15) is 20.8 Å². The number of alkyl halides is 1. The van der Waals surface area contributed by atoms with Crippen LogP contribution in [-0.4, -0.2) is 11.6 Å². The lowest BCUT2D eigenvalue weighted by Crippen LogP contribution is -2.49. The van der Waals surface area contributed by atoms with E-state index >= 15 is 0 Å². The summed E-state index contributed by atoms with van der Waals surface area (Å²) in [6, 6.07) is 0. The third kappa shape index (κ3) is 1.59. The molecular formula is C11H16FNO. The maximum absolute atomic E-state index is 14.6. The Morgan fingerprint density at radius 3 is 2.36 bits per heavy atom. The quantitative estimate of drug-likeness (QED) is 0.686. The lowest BCUT2D eigenvalue weighted by Gasteiger charge is -2.40. The van der Waals surface area contributed by atoms with E-state index in [0.29, 0.717) is 0 Å². The number of allylic oxidation sites excluding steroid dienone is 3. The van der Waals surface area contributed by atoms with Crippen LogP contribution in [0, 0.1) is 11.3 Å². The lowest BCUT2D eigenvalue weighted by atomic mass is 9.68. The van der Waals surface area contributed by atoms with Crippen molar-refractivity contribution in [3.05, 3.63) is 24.3 Å². The van der Waals surface area contributed by atoms with Gasteiger partial charge < -0.3 is 5.73 Å². The second kappa shape index (κ2) is 3.23. The third-order valence-electron chi connectivity index (χ3n) is 2.66. The van der Waals surface area contributed by atoms with Crippen LogP contribution in [0.4, 0.5) is 4.39 Å². The summed E-state index contributed by atoms with van der Waals surface area (Å²) in [5, 5.41) is 0. The average molecular weight is 197 g/mol. The molecule has 0 spiro atoms. The van der Waals surface area contributed by atoms with E-state index in [1.54, 1.807) is 32.9 Å². The van der Waals surface area contributed by atoms with Gasteiger partial charge in [-0.15, -0.1) is 0 Å². The summed E-state index contributed by atoms with van der Waals surface area (Å²) < 4.78 is 14.6. The summed E-state index contributed by atoms with van der Waals surface area (Å²) in [5.41, 5.74) is 2.84. The molecule has 0 saturated heterocycles. The molecule has 3 heteroatoms. The van der Waals surface area contributed by atoms with E-state index in [9.17, 15) is 9.18 Å². The highest BCUT2D eigenvalue weighted by molar-refractivity contribution is 5.81. The number of primary amides is 1. The molecule has 1 rings (SSSR count). The predicted molar refractivity (Wildman–Crippen MR) is 54.3 cm³/mol. The Bertz CT molecular complexity index is 301. The van der Waals surface area contributed by atoms with Gasteiger partial charge in [0.05, 0.1) is 5.92 Å². The molecule has 0 aromatic carbocycles. The van der Waals surface area contributed by atoms with Gasteiger partial charge in [0.2, 0.25) is 5.91 Å². The third-order valence-corrected chi connectivity index (χ3v) is 2.66. The van der Waals surface area contributed by atoms with Crippen LogP contribution in [0.15, 0.2) is 24.3 Å². The standard InChI is InChI=1S/C11H16FNO/c1-10(2,3)11(12)7-5-4-6-8(11)9(13)14/h4-8H,1-3H3,(H2,13,14). The molecule has 2 nitrogen and oxygen atoms in total. The molecule has 2 atom stereocenters. The zero-order chi connectivity index (χ0) is 11.0. The fraction of sp³-hybridized carbons (Fsp3) is 0.545. The van der Waals surface area contributed by atoms with Crippen LogP contribution in [0.5, 0.6) is 0 Å². The normalized spacial score (nSPS) is 31.9. The largest absolute Gasteiger partial charge is 0.369 e. The Morgan fingerprint density at radius 1 is 1.43 bits per heavy atom. The summed E-state index contributed by atoms with van der Waals surface area (Å²) in [6.07, 6.45) is 6.21. The number of carbonyl (C=O) groups excluding carboxylic acids is 1. The molecule has 0 aromatic heterocycles. The van der Waals surface area contributed by atoms with Gasteiger partial charge in [0, 0.05) is 5.41 Å². The minimum absolute atomic E-state index is 0.622. The maximum Gasteiger partial charge on any atom is 0.227 e. The van der Waals surface area contributed by atoms with Gasteiger partial charge in [0.1, 0.15) is 5.67 Å². The second-order valence-corrected chi connectivity index (χ2v) is 4.64. The first-order valence-corrected chi connectivity index (χ1v) is 4.63. The summed E-state index contributed by atoms with van der Waals surface area (Å²) >= 11 is 0. The molecule has 0 aliphatic heterocycles. The predicted octanol–water partition coefficient (Wildman–Crippen LogP) is 1.97. The first-order chi connectivity index (χ1) is 6.29. The second-order valence-electron chi connectivity index (χ2n) is 4.64. The number of nitrogens with two attached hydrogens (primary N) is 1. The molecule has 2 N–H and O–H groups in total. The van der Waals surface area contributed by atoms with Crippen LogP contribution < -0.4 is 5.73 Å². The van der Waals surface area contributed by atoms with Crippen LogP contribution in [0.25, 0.3) is 0 Å². The zero-order valence-electron chi connectivity index (χ0n) is 8.75. The molecule has 0 bridgehead atoms. The van der Waals surface area contributed by atoms with Gasteiger partial charge in [-0.1, -0.05) is 39.0 Å². The molecule has 78 valence electrons. The van der Waals surface area contributed by atoms with Gasteiger partial charge in [0.15, 0.2) is 0 Å². The van der Waals surface area contributed by atoms with E-state index in [-0.39, 0.29) is 0 Å². The van der Waals surface area contributed by atoms with Crippen LogP contribution in [0.3, 0.4) is 0 Å². The van der Waals surface area contributed by atoms with Crippen molar-refractivity contribution < 1.29 is 9.18 Å². The fourth-order valence-electron chi connectivity index (χ4n) is 1.63. The molecule has 0 fully saturated rings. The number of amides is 1. The summed E-state index contributed by atoms with van der Waals surface area (Å²) in [7, 11) is 0. The lowest BCUT2D eigenvalue weighted by molar-refractivity contribution is -0.126. The Kier molecular flexibility index (Phi) is 2.52. The molecule has 1 amide bonds. The highest BCUT2D eigenvalue weighted by atomic mass is 19.1. The van der Waals surface area contributed by atoms with Crippen molar-refractivity contribution >= 4 is 5.91 Å². The molecule has 1 aliphatic rings. The molecule has 1 aliphatic carbocycles. The van der Waals surface area contributed by atoms with E-state index in [1.165, 1.54) is 12.2 Å². The number of carbonyl (C=O) groups is 1. The van der Waals surface area contributed by atoms with Crippen molar-refractivity contribution in [1.82, 2.24) is 0 Å². The molecule has 2 unspecified atom stereocenters.